The van der Waals surface area contributed by atoms with Gasteiger partial charge in [-0.3, -0.25) is 8.75 Å². The normalized spacial score (nSPS) is 28.5. The van der Waals surface area contributed by atoms with E-state index in [-0.39, 0.29) is 10.8 Å². The summed E-state index contributed by atoms with van der Waals surface area (Å²) in [6, 6.07) is 0. The van der Waals surface area contributed by atoms with Crippen molar-refractivity contribution >= 4 is 33.1 Å². The molecule has 0 spiro atoms. The van der Waals surface area contributed by atoms with Crippen LogP contribution in [0.5, 0.6) is 0 Å². The molecule has 13 heteroatoms. The lowest BCUT2D eigenvalue weighted by molar-refractivity contribution is -0.0467. The fourth-order valence-electron chi connectivity index (χ4n) is 2.27. The lowest BCUT2D eigenvalue weighted by Crippen LogP contribution is -2.35. The number of aliphatic hydroxyl groups is 2. The van der Waals surface area contributed by atoms with Crippen LogP contribution in [0.3, 0.4) is 0 Å². The molecule has 0 aromatic carbocycles. The van der Waals surface area contributed by atoms with Gasteiger partial charge in [-0.1, -0.05) is 11.6 Å². The minimum absolute atomic E-state index is 0.121. The second kappa shape index (κ2) is 5.90. The highest BCUT2D eigenvalue weighted by molar-refractivity contribution is 7.84. The SMILES string of the molecule is NS(=O)(=O)OC[C@H]1O[C@@H](n2cnc3c(Cl)ncnc32)[C@H](O)[C@@H]1O. The summed E-state index contributed by atoms with van der Waals surface area (Å²) in [5, 5.41) is 24.9. The lowest BCUT2D eigenvalue weighted by Gasteiger charge is -2.16. The molecule has 126 valence electrons. The Hall–Kier alpha value is -1.41. The molecule has 1 fully saturated rings. The van der Waals surface area contributed by atoms with Gasteiger partial charge in [0.2, 0.25) is 0 Å². The Labute approximate surface area is 134 Å². The molecule has 0 bridgehead atoms. The van der Waals surface area contributed by atoms with E-state index in [4.69, 9.17) is 21.5 Å². The van der Waals surface area contributed by atoms with E-state index in [1.807, 2.05) is 0 Å². The molecule has 2 aromatic heterocycles. The first kappa shape index (κ1) is 16.4. The van der Waals surface area contributed by atoms with Crippen LogP contribution in [0.4, 0.5) is 0 Å². The summed E-state index contributed by atoms with van der Waals surface area (Å²) in [5.74, 6) is 0. The molecule has 0 saturated carbocycles. The van der Waals surface area contributed by atoms with Gasteiger partial charge in [0.25, 0.3) is 0 Å². The number of hydrogen-bond donors (Lipinski definition) is 3. The van der Waals surface area contributed by atoms with E-state index in [2.05, 4.69) is 19.1 Å². The number of halogens is 1. The van der Waals surface area contributed by atoms with E-state index in [1.165, 1.54) is 17.2 Å². The maximum atomic E-state index is 10.8. The molecule has 3 rings (SSSR count). The number of fused-ring (bicyclic) bond motifs is 1. The summed E-state index contributed by atoms with van der Waals surface area (Å²) in [6.07, 6.45) is -2.40. The molecule has 0 amide bonds. The topological polar surface area (TPSA) is 163 Å². The third kappa shape index (κ3) is 3.14. The summed E-state index contributed by atoms with van der Waals surface area (Å²) in [5.41, 5.74) is 0.581. The Morgan fingerprint density at radius 3 is 2.78 bits per heavy atom. The highest BCUT2D eigenvalue weighted by Gasteiger charge is 2.44. The zero-order valence-electron chi connectivity index (χ0n) is 11.4. The van der Waals surface area contributed by atoms with Gasteiger partial charge in [-0.25, -0.2) is 20.1 Å². The van der Waals surface area contributed by atoms with E-state index >= 15 is 0 Å². The van der Waals surface area contributed by atoms with E-state index in [0.29, 0.717) is 5.52 Å². The number of imidazole rings is 1. The first-order valence-electron chi connectivity index (χ1n) is 6.29. The largest absolute Gasteiger partial charge is 0.387 e. The van der Waals surface area contributed by atoms with Crippen LogP contribution in [0.2, 0.25) is 5.15 Å². The zero-order valence-corrected chi connectivity index (χ0v) is 12.9. The standard InChI is InChI=1S/C10H12ClN5O6S/c11-8-5-9(14-2-13-8)16(3-15-5)10-7(18)6(17)4(22-10)1-21-23(12,19)20/h2-4,6-7,10,17-18H,1H2,(H2,12,19,20)/t4-,6-,7-,10-/m1/s1. The van der Waals surface area contributed by atoms with Crippen LogP contribution in [0.1, 0.15) is 6.23 Å². The van der Waals surface area contributed by atoms with E-state index in [1.54, 1.807) is 0 Å². The Bertz CT molecular complexity index is 828. The van der Waals surface area contributed by atoms with Crippen LogP contribution in [0.25, 0.3) is 11.2 Å². The molecule has 1 aliphatic heterocycles. The van der Waals surface area contributed by atoms with Gasteiger partial charge in [-0.2, -0.15) is 8.42 Å². The predicted molar refractivity (Wildman–Crippen MR) is 75.3 cm³/mol. The molecule has 23 heavy (non-hydrogen) atoms. The zero-order chi connectivity index (χ0) is 16.8. The van der Waals surface area contributed by atoms with Crippen molar-refractivity contribution < 1.29 is 27.6 Å². The van der Waals surface area contributed by atoms with Crippen molar-refractivity contribution in [3.8, 4) is 0 Å². The van der Waals surface area contributed by atoms with Gasteiger partial charge in [0, 0.05) is 0 Å². The average molecular weight is 366 g/mol. The van der Waals surface area contributed by atoms with Gasteiger partial charge in [-0.15, -0.1) is 0 Å². The molecule has 0 radical (unpaired) electrons. The first-order chi connectivity index (χ1) is 10.8. The second-order valence-corrected chi connectivity index (χ2v) is 6.39. The van der Waals surface area contributed by atoms with E-state index in [0.717, 1.165) is 0 Å². The van der Waals surface area contributed by atoms with Crippen molar-refractivity contribution in [1.29, 1.82) is 0 Å². The van der Waals surface area contributed by atoms with Gasteiger partial charge in [0.15, 0.2) is 17.0 Å². The highest BCUT2D eigenvalue weighted by Crippen LogP contribution is 2.32. The maximum Gasteiger partial charge on any atom is 0.333 e. The number of aliphatic hydroxyl groups excluding tert-OH is 2. The number of nitrogens with two attached hydrogens (primary N) is 1. The molecule has 0 unspecified atom stereocenters. The van der Waals surface area contributed by atoms with E-state index in [9.17, 15) is 18.6 Å². The number of aromatic nitrogens is 4. The number of ether oxygens (including phenoxy) is 1. The number of nitrogens with zero attached hydrogens (tertiary/aromatic N) is 4. The first-order valence-corrected chi connectivity index (χ1v) is 8.14. The maximum absolute atomic E-state index is 10.8. The Kier molecular flexibility index (Phi) is 4.22. The third-order valence-electron chi connectivity index (χ3n) is 3.32. The summed E-state index contributed by atoms with van der Waals surface area (Å²) >= 11 is 5.89. The summed E-state index contributed by atoms with van der Waals surface area (Å²) < 4.78 is 32.8. The molecule has 1 saturated heterocycles. The summed E-state index contributed by atoms with van der Waals surface area (Å²) in [6.45, 7) is -0.546. The smallest absolute Gasteiger partial charge is 0.333 e. The Balaban J connectivity index is 1.86. The molecular weight excluding hydrogens is 354 g/mol. The van der Waals surface area contributed by atoms with Gasteiger partial charge in [0.05, 0.1) is 12.9 Å². The highest BCUT2D eigenvalue weighted by atomic mass is 35.5. The van der Waals surface area contributed by atoms with Crippen molar-refractivity contribution in [1.82, 2.24) is 19.5 Å². The summed E-state index contributed by atoms with van der Waals surface area (Å²) in [7, 11) is -4.19. The molecule has 1 aliphatic rings. The van der Waals surface area contributed by atoms with Crippen molar-refractivity contribution in [3.05, 3.63) is 17.8 Å². The fourth-order valence-corrected chi connectivity index (χ4v) is 2.77. The van der Waals surface area contributed by atoms with Crippen molar-refractivity contribution in [2.75, 3.05) is 6.61 Å². The molecule has 3 heterocycles. The van der Waals surface area contributed by atoms with Crippen LogP contribution in [0, 0.1) is 0 Å². The van der Waals surface area contributed by atoms with Crippen molar-refractivity contribution in [2.24, 2.45) is 5.14 Å². The molecular formula is C10H12ClN5O6S. The minimum atomic E-state index is -4.19. The van der Waals surface area contributed by atoms with Gasteiger partial charge < -0.3 is 14.9 Å². The number of hydrogen-bond acceptors (Lipinski definition) is 9. The van der Waals surface area contributed by atoms with Crippen LogP contribution < -0.4 is 5.14 Å². The van der Waals surface area contributed by atoms with Crippen LogP contribution in [-0.4, -0.2) is 63.1 Å². The molecule has 4 N–H and O–H groups in total. The monoisotopic (exact) mass is 365 g/mol. The molecule has 0 aliphatic carbocycles. The fraction of sp³-hybridized carbons (Fsp3) is 0.500. The summed E-state index contributed by atoms with van der Waals surface area (Å²) in [4.78, 5) is 11.8. The Morgan fingerprint density at radius 2 is 2.09 bits per heavy atom. The van der Waals surface area contributed by atoms with Gasteiger partial charge >= 0.3 is 10.3 Å². The van der Waals surface area contributed by atoms with Crippen LogP contribution >= 0.6 is 11.6 Å². The van der Waals surface area contributed by atoms with Crippen molar-refractivity contribution in [3.63, 3.8) is 0 Å². The third-order valence-corrected chi connectivity index (χ3v) is 4.06. The van der Waals surface area contributed by atoms with Crippen LogP contribution in [0.15, 0.2) is 12.7 Å². The minimum Gasteiger partial charge on any atom is -0.387 e. The van der Waals surface area contributed by atoms with Gasteiger partial charge in [-0.05, 0) is 0 Å². The van der Waals surface area contributed by atoms with Crippen molar-refractivity contribution in [2.45, 2.75) is 24.5 Å². The van der Waals surface area contributed by atoms with Gasteiger partial charge in [0.1, 0.15) is 30.2 Å². The van der Waals surface area contributed by atoms with Crippen LogP contribution in [-0.2, 0) is 19.2 Å². The molecule has 11 nitrogen and oxygen atoms in total. The lowest BCUT2D eigenvalue weighted by atomic mass is 10.1. The van der Waals surface area contributed by atoms with E-state index < -0.39 is 41.5 Å². The average Bonchev–Trinajstić information content (AvgIpc) is 3.01. The molecule has 4 atom stereocenters. The quantitative estimate of drug-likeness (QED) is 0.537. The molecule has 2 aromatic rings. The predicted octanol–water partition coefficient (Wildman–Crippen LogP) is -1.68. The number of rotatable bonds is 4. The second-order valence-electron chi connectivity index (χ2n) is 4.81. The Morgan fingerprint density at radius 1 is 1.35 bits per heavy atom.